The Bertz CT molecular complexity index is 261. The van der Waals surface area contributed by atoms with E-state index in [2.05, 4.69) is 15.4 Å². The first-order valence-corrected chi connectivity index (χ1v) is 3.52. The number of rotatable bonds is 2. The molecular formula is C7H10N4O. The summed E-state index contributed by atoms with van der Waals surface area (Å²) in [7, 11) is 0. The van der Waals surface area contributed by atoms with Crippen molar-refractivity contribution in [1.82, 2.24) is 15.4 Å². The molecule has 0 spiro atoms. The predicted octanol–water partition coefficient (Wildman–Crippen LogP) is -0.430. The molecule has 0 aliphatic rings. The molecule has 1 heterocycles. The molecule has 0 aromatic carbocycles. The van der Waals surface area contributed by atoms with Crippen LogP contribution in [0.15, 0.2) is 18.6 Å². The van der Waals surface area contributed by atoms with E-state index in [4.69, 9.17) is 5.84 Å². The molecule has 0 bridgehead atoms. The van der Waals surface area contributed by atoms with Crippen molar-refractivity contribution in [3.63, 3.8) is 0 Å². The summed E-state index contributed by atoms with van der Waals surface area (Å²) >= 11 is 0. The number of nitrogens with two attached hydrogens (primary N) is 1. The maximum atomic E-state index is 11.0. The van der Waals surface area contributed by atoms with Crippen molar-refractivity contribution >= 4 is 5.91 Å². The molecule has 5 heteroatoms. The third-order valence-electron chi connectivity index (χ3n) is 1.56. The highest BCUT2D eigenvalue weighted by Gasteiger charge is 2.14. The molecule has 1 amide bonds. The van der Waals surface area contributed by atoms with Crippen molar-refractivity contribution in [2.24, 2.45) is 5.84 Å². The number of hydrazine groups is 1. The number of nitrogens with zero attached hydrogens (tertiary/aromatic N) is 2. The summed E-state index contributed by atoms with van der Waals surface area (Å²) in [6, 6.07) is 0. The topological polar surface area (TPSA) is 80.9 Å². The maximum absolute atomic E-state index is 11.0. The lowest BCUT2D eigenvalue weighted by atomic mass is 10.1. The van der Waals surface area contributed by atoms with Gasteiger partial charge in [0.2, 0.25) is 5.91 Å². The van der Waals surface area contributed by atoms with Gasteiger partial charge in [-0.3, -0.25) is 20.2 Å². The molecule has 0 saturated heterocycles. The highest BCUT2D eigenvalue weighted by atomic mass is 16.2. The quantitative estimate of drug-likeness (QED) is 0.355. The first-order valence-electron chi connectivity index (χ1n) is 3.52. The van der Waals surface area contributed by atoms with Gasteiger partial charge in [-0.05, 0) is 6.92 Å². The third-order valence-corrected chi connectivity index (χ3v) is 1.56. The van der Waals surface area contributed by atoms with Gasteiger partial charge in [0.1, 0.15) is 0 Å². The van der Waals surface area contributed by atoms with Crippen LogP contribution in [0.25, 0.3) is 0 Å². The fraction of sp³-hybridized carbons (Fsp3) is 0.286. The fourth-order valence-electron chi connectivity index (χ4n) is 0.794. The second-order valence-corrected chi connectivity index (χ2v) is 2.36. The first kappa shape index (κ1) is 8.61. The Morgan fingerprint density at radius 3 is 2.92 bits per heavy atom. The average molecular weight is 166 g/mol. The number of aromatic nitrogens is 2. The number of nitrogens with one attached hydrogen (secondary N) is 1. The zero-order valence-corrected chi connectivity index (χ0v) is 6.69. The Balaban J connectivity index is 2.78. The Morgan fingerprint density at radius 1 is 1.67 bits per heavy atom. The minimum Gasteiger partial charge on any atom is -0.294 e. The van der Waals surface area contributed by atoms with Crippen LogP contribution in [0.2, 0.25) is 0 Å². The summed E-state index contributed by atoms with van der Waals surface area (Å²) < 4.78 is 0. The zero-order valence-electron chi connectivity index (χ0n) is 6.69. The molecule has 0 saturated carbocycles. The van der Waals surface area contributed by atoms with Gasteiger partial charge in [-0.2, -0.15) is 0 Å². The first-order chi connectivity index (χ1) is 5.75. The van der Waals surface area contributed by atoms with Crippen molar-refractivity contribution in [3.05, 3.63) is 24.3 Å². The van der Waals surface area contributed by atoms with Crippen LogP contribution in [-0.2, 0) is 4.79 Å². The summed E-state index contributed by atoms with van der Waals surface area (Å²) in [5, 5.41) is 0. The lowest BCUT2D eigenvalue weighted by Crippen LogP contribution is -2.34. The van der Waals surface area contributed by atoms with Crippen LogP contribution in [0, 0.1) is 0 Å². The van der Waals surface area contributed by atoms with E-state index < -0.39 is 0 Å². The van der Waals surface area contributed by atoms with Gasteiger partial charge in [0, 0.05) is 18.6 Å². The summed E-state index contributed by atoms with van der Waals surface area (Å²) in [6.07, 6.45) is 4.63. The van der Waals surface area contributed by atoms with E-state index in [1.165, 1.54) is 6.20 Å². The Morgan fingerprint density at radius 2 is 2.42 bits per heavy atom. The van der Waals surface area contributed by atoms with Crippen LogP contribution in [0.3, 0.4) is 0 Å². The van der Waals surface area contributed by atoms with Gasteiger partial charge < -0.3 is 0 Å². The van der Waals surface area contributed by atoms with Gasteiger partial charge in [0.15, 0.2) is 0 Å². The van der Waals surface area contributed by atoms with E-state index in [9.17, 15) is 4.79 Å². The van der Waals surface area contributed by atoms with Crippen LogP contribution in [0.5, 0.6) is 0 Å². The normalized spacial score (nSPS) is 12.2. The smallest absolute Gasteiger partial charge is 0.242 e. The van der Waals surface area contributed by atoms with Gasteiger partial charge >= 0.3 is 0 Å². The van der Waals surface area contributed by atoms with Gasteiger partial charge in [-0.15, -0.1) is 0 Å². The van der Waals surface area contributed by atoms with Crippen molar-refractivity contribution in [1.29, 1.82) is 0 Å². The standard InChI is InChI=1S/C7H10N4O/c1-5(7(12)11-8)6-4-9-2-3-10-6/h2-5H,8H2,1H3,(H,11,12). The lowest BCUT2D eigenvalue weighted by molar-refractivity contribution is -0.122. The molecule has 12 heavy (non-hydrogen) atoms. The molecule has 1 aromatic heterocycles. The SMILES string of the molecule is CC(C(=O)NN)c1cnccn1. The Labute approximate surface area is 70.0 Å². The molecule has 1 rings (SSSR count). The Kier molecular flexibility index (Phi) is 2.71. The van der Waals surface area contributed by atoms with Crippen molar-refractivity contribution in [2.75, 3.05) is 0 Å². The molecule has 0 radical (unpaired) electrons. The lowest BCUT2D eigenvalue weighted by Gasteiger charge is -2.06. The monoisotopic (exact) mass is 166 g/mol. The highest BCUT2D eigenvalue weighted by Crippen LogP contribution is 2.09. The number of amides is 1. The number of carbonyl (C=O) groups is 1. The third kappa shape index (κ3) is 1.76. The second kappa shape index (κ2) is 3.77. The molecule has 0 fully saturated rings. The summed E-state index contributed by atoms with van der Waals surface area (Å²) in [5.74, 6) is 4.34. The van der Waals surface area contributed by atoms with Gasteiger partial charge in [0.25, 0.3) is 0 Å². The molecule has 5 nitrogen and oxygen atoms in total. The van der Waals surface area contributed by atoms with Gasteiger partial charge in [0.05, 0.1) is 11.6 Å². The summed E-state index contributed by atoms with van der Waals surface area (Å²) in [6.45, 7) is 1.71. The summed E-state index contributed by atoms with van der Waals surface area (Å²) in [5.41, 5.74) is 2.67. The Hall–Kier alpha value is -1.49. The maximum Gasteiger partial charge on any atom is 0.242 e. The highest BCUT2D eigenvalue weighted by molar-refractivity contribution is 5.81. The molecule has 1 unspecified atom stereocenters. The molecule has 64 valence electrons. The number of hydrogen-bond donors (Lipinski definition) is 2. The minimum atomic E-state index is -0.358. The molecule has 1 atom stereocenters. The van der Waals surface area contributed by atoms with Crippen molar-refractivity contribution < 1.29 is 4.79 Å². The van der Waals surface area contributed by atoms with Crippen molar-refractivity contribution in [3.8, 4) is 0 Å². The number of hydrogen-bond acceptors (Lipinski definition) is 4. The average Bonchev–Trinajstić information content (AvgIpc) is 2.17. The van der Waals surface area contributed by atoms with Crippen molar-refractivity contribution in [2.45, 2.75) is 12.8 Å². The van der Waals surface area contributed by atoms with E-state index in [0.717, 1.165) is 0 Å². The van der Waals surface area contributed by atoms with Crippen LogP contribution in [0.4, 0.5) is 0 Å². The van der Waals surface area contributed by atoms with Crippen LogP contribution in [0.1, 0.15) is 18.5 Å². The van der Waals surface area contributed by atoms with E-state index in [1.54, 1.807) is 19.3 Å². The molecule has 0 aliphatic carbocycles. The second-order valence-electron chi connectivity index (χ2n) is 2.36. The predicted molar refractivity (Wildman–Crippen MR) is 42.8 cm³/mol. The van der Waals surface area contributed by atoms with E-state index >= 15 is 0 Å². The minimum absolute atomic E-state index is 0.268. The van der Waals surface area contributed by atoms with Gasteiger partial charge in [-0.1, -0.05) is 0 Å². The van der Waals surface area contributed by atoms with Crippen LogP contribution >= 0.6 is 0 Å². The molecule has 3 N–H and O–H groups in total. The molecular weight excluding hydrogens is 156 g/mol. The van der Waals surface area contributed by atoms with E-state index in [1.807, 2.05) is 0 Å². The van der Waals surface area contributed by atoms with Crippen LogP contribution < -0.4 is 11.3 Å². The zero-order chi connectivity index (χ0) is 8.97. The fourth-order valence-corrected chi connectivity index (χ4v) is 0.794. The van der Waals surface area contributed by atoms with E-state index in [0.29, 0.717) is 5.69 Å². The van der Waals surface area contributed by atoms with E-state index in [-0.39, 0.29) is 11.8 Å². The molecule has 1 aromatic rings. The number of carbonyl (C=O) groups excluding carboxylic acids is 1. The largest absolute Gasteiger partial charge is 0.294 e. The summed E-state index contributed by atoms with van der Waals surface area (Å²) in [4.78, 5) is 18.8. The van der Waals surface area contributed by atoms with Crippen LogP contribution in [-0.4, -0.2) is 15.9 Å². The van der Waals surface area contributed by atoms with Gasteiger partial charge in [-0.25, -0.2) is 5.84 Å². The molecule has 0 aliphatic heterocycles.